The van der Waals surface area contributed by atoms with E-state index >= 15 is 0 Å². The molecule has 0 heterocycles. The number of hydrogen-bond acceptors (Lipinski definition) is 5. The van der Waals surface area contributed by atoms with Gasteiger partial charge in [-0.3, -0.25) is 10.1 Å². The molecule has 6 nitrogen and oxygen atoms in total. The molecule has 0 bridgehead atoms. The van der Waals surface area contributed by atoms with E-state index in [4.69, 9.17) is 9.84 Å². The summed E-state index contributed by atoms with van der Waals surface area (Å²) in [6.45, 7) is 4.99. The van der Waals surface area contributed by atoms with E-state index < -0.39 is 4.92 Å². The molecule has 106 valence electrons. The molecule has 1 aromatic carbocycles. The topological polar surface area (TPSA) is 84.6 Å². The van der Waals surface area contributed by atoms with Gasteiger partial charge >= 0.3 is 5.69 Å². The van der Waals surface area contributed by atoms with E-state index in [0.29, 0.717) is 13.2 Å². The minimum Gasteiger partial charge on any atom is -0.487 e. The molecule has 0 saturated carbocycles. The average Bonchev–Trinajstić information content (AvgIpc) is 2.42. The van der Waals surface area contributed by atoms with Crippen molar-refractivity contribution in [3.63, 3.8) is 0 Å². The lowest BCUT2D eigenvalue weighted by Gasteiger charge is -2.12. The molecule has 1 aromatic rings. The summed E-state index contributed by atoms with van der Waals surface area (Å²) in [4.78, 5) is 10.4. The maximum Gasteiger partial charge on any atom is 0.311 e. The van der Waals surface area contributed by atoms with E-state index in [1.807, 2.05) is 13.8 Å². The van der Waals surface area contributed by atoms with E-state index in [0.717, 1.165) is 12.1 Å². The Balaban J connectivity index is 2.81. The quantitative estimate of drug-likeness (QED) is 0.558. The summed E-state index contributed by atoms with van der Waals surface area (Å²) >= 11 is 0. The molecule has 0 amide bonds. The number of ether oxygens (including phenoxy) is 1. The lowest BCUT2D eigenvalue weighted by atomic mass is 10.2. The first-order valence-corrected chi connectivity index (χ1v) is 6.34. The van der Waals surface area contributed by atoms with Gasteiger partial charge in [-0.05, 0) is 18.4 Å². The van der Waals surface area contributed by atoms with E-state index in [1.165, 1.54) is 6.07 Å². The number of nitrogens with zero attached hydrogens (tertiary/aromatic N) is 1. The summed E-state index contributed by atoms with van der Waals surface area (Å²) in [5, 5.41) is 22.9. The van der Waals surface area contributed by atoms with Crippen LogP contribution in [0.25, 0.3) is 0 Å². The fourth-order valence-corrected chi connectivity index (χ4v) is 1.46. The van der Waals surface area contributed by atoms with Crippen molar-refractivity contribution in [3.05, 3.63) is 28.3 Å². The Hall–Kier alpha value is -1.82. The van der Waals surface area contributed by atoms with Gasteiger partial charge in [0.25, 0.3) is 0 Å². The minimum absolute atomic E-state index is 0.0331. The normalized spacial score (nSPS) is 11.9. The first-order valence-electron chi connectivity index (χ1n) is 6.34. The van der Waals surface area contributed by atoms with Crippen LogP contribution in [0.2, 0.25) is 0 Å². The second-order valence-corrected chi connectivity index (χ2v) is 4.46. The number of hydrogen-bond donors (Lipinski definition) is 2. The average molecular weight is 268 g/mol. The van der Waals surface area contributed by atoms with Crippen LogP contribution in [0, 0.1) is 16.0 Å². The van der Waals surface area contributed by atoms with Gasteiger partial charge in [0, 0.05) is 31.0 Å². The fraction of sp³-hybridized carbons (Fsp3) is 0.538. The van der Waals surface area contributed by atoms with Crippen LogP contribution in [0.3, 0.4) is 0 Å². The van der Waals surface area contributed by atoms with Crippen molar-refractivity contribution in [2.24, 2.45) is 5.92 Å². The molecule has 0 aliphatic carbocycles. The lowest BCUT2D eigenvalue weighted by molar-refractivity contribution is -0.385. The van der Waals surface area contributed by atoms with Crippen molar-refractivity contribution < 1.29 is 14.8 Å². The minimum atomic E-state index is -0.453. The largest absolute Gasteiger partial charge is 0.487 e. The maximum absolute atomic E-state index is 10.9. The molecular weight excluding hydrogens is 248 g/mol. The summed E-state index contributed by atoms with van der Waals surface area (Å²) in [7, 11) is 0. The van der Waals surface area contributed by atoms with Gasteiger partial charge in [0.2, 0.25) is 0 Å². The highest BCUT2D eigenvalue weighted by Gasteiger charge is 2.15. The maximum atomic E-state index is 10.9. The second-order valence-electron chi connectivity index (χ2n) is 4.46. The number of nitrogens with one attached hydrogen (secondary N) is 1. The number of rotatable bonds is 8. The standard InChI is InChI=1S/C13H20N2O4/c1-3-6-19-13-7-11(14-8-10(2)9-16)4-5-12(13)15(17)18/h4-5,7,10,14,16H,3,6,8-9H2,1-2H3. The number of nitro groups is 1. The van der Waals surface area contributed by atoms with Crippen molar-refractivity contribution in [3.8, 4) is 5.75 Å². The molecule has 1 rings (SSSR count). The molecule has 0 saturated heterocycles. The molecule has 0 aromatic heterocycles. The molecule has 19 heavy (non-hydrogen) atoms. The molecule has 0 radical (unpaired) electrons. The van der Waals surface area contributed by atoms with Crippen LogP contribution in [0.1, 0.15) is 20.3 Å². The van der Waals surface area contributed by atoms with Crippen molar-refractivity contribution in [1.82, 2.24) is 0 Å². The van der Waals surface area contributed by atoms with Crippen LogP contribution in [-0.2, 0) is 0 Å². The van der Waals surface area contributed by atoms with Crippen molar-refractivity contribution in [2.45, 2.75) is 20.3 Å². The summed E-state index contributed by atoms with van der Waals surface area (Å²) in [6.07, 6.45) is 0.788. The lowest BCUT2D eigenvalue weighted by Crippen LogP contribution is -2.14. The monoisotopic (exact) mass is 268 g/mol. The number of nitro benzene ring substituents is 1. The van der Waals surface area contributed by atoms with Gasteiger partial charge in [0.15, 0.2) is 5.75 Å². The first-order chi connectivity index (χ1) is 9.08. The van der Waals surface area contributed by atoms with E-state index in [2.05, 4.69) is 5.32 Å². The van der Waals surface area contributed by atoms with Crippen molar-refractivity contribution in [1.29, 1.82) is 0 Å². The van der Waals surface area contributed by atoms with E-state index in [1.54, 1.807) is 12.1 Å². The number of benzene rings is 1. The Bertz CT molecular complexity index is 423. The number of aliphatic hydroxyl groups is 1. The Labute approximate surface area is 112 Å². The third-order valence-electron chi connectivity index (χ3n) is 2.58. The molecule has 0 spiro atoms. The van der Waals surface area contributed by atoms with E-state index in [9.17, 15) is 10.1 Å². The van der Waals surface area contributed by atoms with Gasteiger partial charge in [0.05, 0.1) is 11.5 Å². The first kappa shape index (κ1) is 15.2. The molecule has 1 unspecified atom stereocenters. The Morgan fingerprint density at radius 1 is 1.53 bits per heavy atom. The Morgan fingerprint density at radius 3 is 2.84 bits per heavy atom. The van der Waals surface area contributed by atoms with Crippen LogP contribution < -0.4 is 10.1 Å². The summed E-state index contributed by atoms with van der Waals surface area (Å²) in [5.74, 6) is 0.392. The SMILES string of the molecule is CCCOc1cc(NCC(C)CO)ccc1[N+](=O)[O-]. The van der Waals surface area contributed by atoms with Crippen LogP contribution in [0.5, 0.6) is 5.75 Å². The fourth-order valence-electron chi connectivity index (χ4n) is 1.46. The highest BCUT2D eigenvalue weighted by Crippen LogP contribution is 2.30. The molecule has 0 aliphatic rings. The predicted octanol–water partition coefficient (Wildman–Crippen LogP) is 2.42. The molecule has 2 N–H and O–H groups in total. The summed E-state index contributed by atoms with van der Waals surface area (Å²) in [6, 6.07) is 4.69. The zero-order valence-electron chi connectivity index (χ0n) is 11.3. The smallest absolute Gasteiger partial charge is 0.311 e. The zero-order chi connectivity index (χ0) is 14.3. The van der Waals surface area contributed by atoms with Gasteiger partial charge in [-0.1, -0.05) is 13.8 Å². The summed E-state index contributed by atoms with van der Waals surface area (Å²) in [5.41, 5.74) is 0.714. The van der Waals surface area contributed by atoms with Gasteiger partial charge in [-0.2, -0.15) is 0 Å². The molecular formula is C13H20N2O4. The third kappa shape index (κ3) is 4.75. The van der Waals surface area contributed by atoms with Crippen LogP contribution in [0.15, 0.2) is 18.2 Å². The van der Waals surface area contributed by atoms with Crippen LogP contribution in [0.4, 0.5) is 11.4 Å². The Kier molecular flexibility index (Phi) is 6.08. The van der Waals surface area contributed by atoms with Crippen LogP contribution >= 0.6 is 0 Å². The molecule has 1 atom stereocenters. The highest BCUT2D eigenvalue weighted by molar-refractivity contribution is 5.58. The third-order valence-corrected chi connectivity index (χ3v) is 2.58. The molecule has 6 heteroatoms. The van der Waals surface area contributed by atoms with Crippen molar-refractivity contribution in [2.75, 3.05) is 25.1 Å². The molecule has 0 fully saturated rings. The predicted molar refractivity (Wildman–Crippen MR) is 73.6 cm³/mol. The van der Waals surface area contributed by atoms with Gasteiger partial charge in [-0.15, -0.1) is 0 Å². The number of aliphatic hydroxyl groups excluding tert-OH is 1. The van der Waals surface area contributed by atoms with Gasteiger partial charge in [-0.25, -0.2) is 0 Å². The zero-order valence-corrected chi connectivity index (χ0v) is 11.3. The van der Waals surface area contributed by atoms with Crippen LogP contribution in [-0.4, -0.2) is 29.8 Å². The van der Waals surface area contributed by atoms with Crippen molar-refractivity contribution >= 4 is 11.4 Å². The van der Waals surface area contributed by atoms with E-state index in [-0.39, 0.29) is 24.0 Å². The Morgan fingerprint density at radius 2 is 2.26 bits per heavy atom. The molecule has 0 aliphatic heterocycles. The summed E-state index contributed by atoms with van der Waals surface area (Å²) < 4.78 is 5.39. The van der Waals surface area contributed by atoms with Gasteiger partial charge < -0.3 is 15.2 Å². The van der Waals surface area contributed by atoms with Gasteiger partial charge in [0.1, 0.15) is 0 Å². The number of anilines is 1. The second kappa shape index (κ2) is 7.58. The highest BCUT2D eigenvalue weighted by atomic mass is 16.6.